The summed E-state index contributed by atoms with van der Waals surface area (Å²) in [5.41, 5.74) is -0.944. The van der Waals surface area contributed by atoms with Crippen LogP contribution in [-0.2, 0) is 6.18 Å². The summed E-state index contributed by atoms with van der Waals surface area (Å²) in [7, 11) is 0. The van der Waals surface area contributed by atoms with Gasteiger partial charge in [-0.25, -0.2) is 8.78 Å². The van der Waals surface area contributed by atoms with Crippen molar-refractivity contribution >= 4 is 23.1 Å². The van der Waals surface area contributed by atoms with Crippen molar-refractivity contribution < 1.29 is 22.0 Å². The molecule has 0 radical (unpaired) electrons. The van der Waals surface area contributed by atoms with Crippen LogP contribution in [0.2, 0.25) is 0 Å². The Kier molecular flexibility index (Phi) is 4.65. The van der Waals surface area contributed by atoms with E-state index >= 15 is 0 Å². The SMILES string of the molecule is Fc1ccc(Nc2cnnc(Nc3ccccc3C(F)(F)F)n2)cc1F. The van der Waals surface area contributed by atoms with Gasteiger partial charge in [-0.05, 0) is 24.3 Å². The molecule has 0 bridgehead atoms. The zero-order chi connectivity index (χ0) is 18.7. The Bertz CT molecular complexity index is 929. The van der Waals surface area contributed by atoms with E-state index in [1.54, 1.807) is 0 Å². The van der Waals surface area contributed by atoms with E-state index in [1.165, 1.54) is 30.5 Å². The van der Waals surface area contributed by atoms with Crippen molar-refractivity contribution in [1.29, 1.82) is 0 Å². The van der Waals surface area contributed by atoms with Crippen LogP contribution in [0.5, 0.6) is 0 Å². The van der Waals surface area contributed by atoms with Gasteiger partial charge in [-0.1, -0.05) is 12.1 Å². The Morgan fingerprint density at radius 2 is 1.65 bits per heavy atom. The predicted molar refractivity (Wildman–Crippen MR) is 84.2 cm³/mol. The second-order valence-electron chi connectivity index (χ2n) is 5.09. The lowest BCUT2D eigenvalue weighted by atomic mass is 10.1. The fraction of sp³-hybridized carbons (Fsp3) is 0.0625. The van der Waals surface area contributed by atoms with Crippen molar-refractivity contribution in [3.05, 3.63) is 65.9 Å². The van der Waals surface area contributed by atoms with Gasteiger partial charge in [-0.2, -0.15) is 23.3 Å². The second-order valence-corrected chi connectivity index (χ2v) is 5.09. The van der Waals surface area contributed by atoms with Gasteiger partial charge in [0.15, 0.2) is 17.5 Å². The minimum absolute atomic E-state index is 0.0815. The van der Waals surface area contributed by atoms with Gasteiger partial charge in [0.05, 0.1) is 17.4 Å². The van der Waals surface area contributed by atoms with E-state index in [1.807, 2.05) is 0 Å². The molecule has 1 aromatic heterocycles. The van der Waals surface area contributed by atoms with Crippen LogP contribution in [-0.4, -0.2) is 15.2 Å². The molecule has 134 valence electrons. The maximum absolute atomic E-state index is 13.2. The first-order chi connectivity index (χ1) is 12.3. The molecule has 0 spiro atoms. The van der Waals surface area contributed by atoms with E-state index in [0.717, 1.165) is 18.2 Å². The highest BCUT2D eigenvalue weighted by Gasteiger charge is 2.33. The summed E-state index contributed by atoms with van der Waals surface area (Å²) in [5, 5.41) is 12.3. The Balaban J connectivity index is 1.83. The van der Waals surface area contributed by atoms with Crippen LogP contribution in [0.4, 0.5) is 45.1 Å². The van der Waals surface area contributed by atoms with Crippen LogP contribution >= 0.6 is 0 Å². The number of nitrogens with one attached hydrogen (secondary N) is 2. The van der Waals surface area contributed by atoms with E-state index in [9.17, 15) is 22.0 Å². The topological polar surface area (TPSA) is 62.7 Å². The van der Waals surface area contributed by atoms with Crippen molar-refractivity contribution in [3.63, 3.8) is 0 Å². The number of hydrogen-bond donors (Lipinski definition) is 2. The second kappa shape index (κ2) is 6.90. The summed E-state index contributed by atoms with van der Waals surface area (Å²) in [6.45, 7) is 0. The molecule has 0 aliphatic carbocycles. The molecule has 2 aromatic carbocycles. The van der Waals surface area contributed by atoms with Gasteiger partial charge in [0.1, 0.15) is 0 Å². The van der Waals surface area contributed by atoms with Crippen LogP contribution in [0.25, 0.3) is 0 Å². The van der Waals surface area contributed by atoms with Crippen molar-refractivity contribution in [3.8, 4) is 0 Å². The molecule has 0 saturated heterocycles. The van der Waals surface area contributed by atoms with Crippen LogP contribution in [0, 0.1) is 11.6 Å². The van der Waals surface area contributed by atoms with Gasteiger partial charge in [0.25, 0.3) is 0 Å². The minimum Gasteiger partial charge on any atom is -0.339 e. The molecule has 3 aromatic rings. The number of hydrogen-bond acceptors (Lipinski definition) is 5. The summed E-state index contributed by atoms with van der Waals surface area (Å²) >= 11 is 0. The van der Waals surface area contributed by atoms with Gasteiger partial charge >= 0.3 is 6.18 Å². The normalized spacial score (nSPS) is 11.3. The summed E-state index contributed by atoms with van der Waals surface area (Å²) in [5.74, 6) is -2.19. The molecule has 26 heavy (non-hydrogen) atoms. The number of para-hydroxylation sites is 1. The number of alkyl halides is 3. The molecular formula is C16H10F5N5. The standard InChI is InChI=1S/C16H10F5N5/c17-11-6-5-9(7-12(11)18)23-14-8-22-26-15(25-14)24-13-4-2-1-3-10(13)16(19,20)21/h1-8H,(H2,23,24,25,26). The third-order valence-corrected chi connectivity index (χ3v) is 3.23. The summed E-state index contributed by atoms with van der Waals surface area (Å²) in [6, 6.07) is 7.92. The minimum atomic E-state index is -4.56. The monoisotopic (exact) mass is 367 g/mol. The Labute approximate surface area is 143 Å². The molecule has 0 aliphatic heterocycles. The zero-order valence-corrected chi connectivity index (χ0v) is 12.9. The van der Waals surface area contributed by atoms with Crippen molar-refractivity contribution in [2.24, 2.45) is 0 Å². The van der Waals surface area contributed by atoms with Gasteiger partial charge in [-0.15, -0.1) is 5.10 Å². The average Bonchev–Trinajstić information content (AvgIpc) is 2.58. The fourth-order valence-corrected chi connectivity index (χ4v) is 2.10. The number of nitrogens with zero attached hydrogens (tertiary/aromatic N) is 3. The lowest BCUT2D eigenvalue weighted by Crippen LogP contribution is -2.10. The van der Waals surface area contributed by atoms with E-state index < -0.39 is 23.4 Å². The lowest BCUT2D eigenvalue weighted by molar-refractivity contribution is -0.136. The van der Waals surface area contributed by atoms with Crippen molar-refractivity contribution in [2.45, 2.75) is 6.18 Å². The van der Waals surface area contributed by atoms with Crippen molar-refractivity contribution in [1.82, 2.24) is 15.2 Å². The van der Waals surface area contributed by atoms with Crippen LogP contribution in [0.3, 0.4) is 0 Å². The molecule has 2 N–H and O–H groups in total. The third-order valence-electron chi connectivity index (χ3n) is 3.23. The number of aromatic nitrogens is 3. The molecule has 0 amide bonds. The number of rotatable bonds is 4. The molecule has 1 heterocycles. The quantitative estimate of drug-likeness (QED) is 0.657. The van der Waals surface area contributed by atoms with Crippen molar-refractivity contribution in [2.75, 3.05) is 10.6 Å². The first kappa shape index (κ1) is 17.5. The Hall–Kier alpha value is -3.30. The number of benzene rings is 2. The average molecular weight is 367 g/mol. The molecule has 5 nitrogen and oxygen atoms in total. The van der Waals surface area contributed by atoms with Gasteiger partial charge in [0, 0.05) is 11.8 Å². The number of anilines is 4. The highest BCUT2D eigenvalue weighted by molar-refractivity contribution is 5.61. The van der Waals surface area contributed by atoms with E-state index in [0.29, 0.717) is 0 Å². The Morgan fingerprint density at radius 1 is 0.885 bits per heavy atom. The predicted octanol–water partition coefficient (Wildman–Crippen LogP) is 4.66. The molecule has 0 atom stereocenters. The zero-order valence-electron chi connectivity index (χ0n) is 12.9. The molecule has 0 aliphatic rings. The molecule has 10 heteroatoms. The maximum atomic E-state index is 13.2. The van der Waals surface area contributed by atoms with Crippen LogP contribution in [0.15, 0.2) is 48.7 Å². The third kappa shape index (κ3) is 4.02. The largest absolute Gasteiger partial charge is 0.418 e. The van der Waals surface area contributed by atoms with E-state index in [4.69, 9.17) is 0 Å². The van der Waals surface area contributed by atoms with Crippen LogP contribution < -0.4 is 10.6 Å². The first-order valence-electron chi connectivity index (χ1n) is 7.18. The molecular weight excluding hydrogens is 357 g/mol. The molecule has 0 fully saturated rings. The summed E-state index contributed by atoms with van der Waals surface area (Å²) in [4.78, 5) is 3.96. The smallest absolute Gasteiger partial charge is 0.339 e. The fourth-order valence-electron chi connectivity index (χ4n) is 2.10. The van der Waals surface area contributed by atoms with Gasteiger partial charge in [-0.3, -0.25) is 0 Å². The first-order valence-corrected chi connectivity index (χ1v) is 7.18. The van der Waals surface area contributed by atoms with E-state index in [2.05, 4.69) is 25.8 Å². The van der Waals surface area contributed by atoms with Crippen LogP contribution in [0.1, 0.15) is 5.56 Å². The summed E-state index contributed by atoms with van der Waals surface area (Å²) < 4.78 is 65.2. The van der Waals surface area contributed by atoms with Gasteiger partial charge < -0.3 is 10.6 Å². The molecule has 0 unspecified atom stereocenters. The lowest BCUT2D eigenvalue weighted by Gasteiger charge is -2.13. The highest BCUT2D eigenvalue weighted by Crippen LogP contribution is 2.35. The molecule has 0 saturated carbocycles. The Morgan fingerprint density at radius 3 is 2.38 bits per heavy atom. The summed E-state index contributed by atoms with van der Waals surface area (Å²) in [6.07, 6.45) is -3.37. The number of halogens is 5. The highest BCUT2D eigenvalue weighted by atomic mass is 19.4. The van der Waals surface area contributed by atoms with Gasteiger partial charge in [0.2, 0.25) is 5.95 Å². The maximum Gasteiger partial charge on any atom is 0.418 e. The molecule has 3 rings (SSSR count). The van der Waals surface area contributed by atoms with E-state index in [-0.39, 0.29) is 23.1 Å².